The van der Waals surface area contributed by atoms with Crippen LogP contribution >= 0.6 is 0 Å². The predicted molar refractivity (Wildman–Crippen MR) is 75.1 cm³/mol. The van der Waals surface area contributed by atoms with Crippen molar-refractivity contribution in [1.82, 2.24) is 5.32 Å². The van der Waals surface area contributed by atoms with Crippen LogP contribution in [0.3, 0.4) is 0 Å². The molecule has 1 aromatic rings. The highest BCUT2D eigenvalue weighted by atomic mass is 16.2. The minimum atomic E-state index is 0.221. The van der Waals surface area contributed by atoms with Crippen LogP contribution < -0.4 is 10.2 Å². The number of quaternary nitrogens is 1. The number of aryl methyl sites for hydroxylation is 1. The van der Waals surface area contributed by atoms with Gasteiger partial charge in [-0.05, 0) is 30.4 Å². The van der Waals surface area contributed by atoms with Crippen LogP contribution in [0.25, 0.3) is 0 Å². The molecular weight excluding hydrogens is 236 g/mol. The molecule has 1 fully saturated rings. The Balaban J connectivity index is 1.62. The van der Waals surface area contributed by atoms with Crippen LogP contribution in [0.4, 0.5) is 0 Å². The smallest absolute Gasteiger partial charge is 0.275 e. The fourth-order valence-electron chi connectivity index (χ4n) is 3.43. The zero-order valence-electron chi connectivity index (χ0n) is 11.5. The second-order valence-electron chi connectivity index (χ2n) is 5.85. The van der Waals surface area contributed by atoms with Crippen molar-refractivity contribution in [2.45, 2.75) is 38.1 Å². The first-order chi connectivity index (χ1) is 9.33. The highest BCUT2D eigenvalue weighted by Gasteiger charge is 2.24. The Morgan fingerprint density at radius 2 is 2.00 bits per heavy atom. The Kier molecular flexibility index (Phi) is 3.83. The van der Waals surface area contributed by atoms with Gasteiger partial charge in [-0.25, -0.2) is 0 Å². The third-order valence-electron chi connectivity index (χ3n) is 4.43. The van der Waals surface area contributed by atoms with Crippen LogP contribution in [-0.2, 0) is 11.2 Å². The van der Waals surface area contributed by atoms with Crippen molar-refractivity contribution in [3.05, 3.63) is 35.4 Å². The quantitative estimate of drug-likeness (QED) is 0.829. The molecule has 1 amide bonds. The largest absolute Gasteiger partial charge is 0.344 e. The van der Waals surface area contributed by atoms with Crippen molar-refractivity contribution in [2.24, 2.45) is 0 Å². The molecule has 102 valence electrons. The molecule has 0 saturated carbocycles. The Hall–Kier alpha value is -1.35. The molecule has 2 N–H and O–H groups in total. The number of hydrogen-bond donors (Lipinski definition) is 2. The maximum atomic E-state index is 12.1. The number of likely N-dealkylation sites (tertiary alicyclic amines) is 1. The van der Waals surface area contributed by atoms with Gasteiger partial charge in [-0.15, -0.1) is 0 Å². The molecular formula is C16H23N2O+. The van der Waals surface area contributed by atoms with E-state index in [1.165, 1.54) is 35.3 Å². The number of amides is 1. The number of nitrogens with one attached hydrogen (secondary N) is 2. The van der Waals surface area contributed by atoms with Gasteiger partial charge in [0.15, 0.2) is 6.54 Å². The van der Waals surface area contributed by atoms with Crippen LogP contribution in [-0.4, -0.2) is 25.5 Å². The Morgan fingerprint density at radius 1 is 1.21 bits per heavy atom. The normalized spacial score (nSPS) is 23.1. The van der Waals surface area contributed by atoms with E-state index in [0.29, 0.717) is 6.54 Å². The van der Waals surface area contributed by atoms with Gasteiger partial charge in [0, 0.05) is 12.8 Å². The average Bonchev–Trinajstić information content (AvgIpc) is 2.92. The summed E-state index contributed by atoms with van der Waals surface area (Å²) in [6, 6.07) is 8.77. The zero-order valence-corrected chi connectivity index (χ0v) is 11.5. The maximum absolute atomic E-state index is 12.1. The Morgan fingerprint density at radius 3 is 2.84 bits per heavy atom. The molecule has 1 saturated heterocycles. The summed E-state index contributed by atoms with van der Waals surface area (Å²) in [7, 11) is 0. The molecule has 1 aliphatic heterocycles. The van der Waals surface area contributed by atoms with E-state index < -0.39 is 0 Å². The standard InChI is InChI=1S/C16H22N2O/c19-16(12-18-10-3-4-11-18)17-15-9-5-7-13-6-1-2-8-14(13)15/h1-2,6,8,15H,3-5,7,9-12H2,(H,17,19)/p+1/t15-/m0/s1. The second kappa shape index (κ2) is 5.74. The SMILES string of the molecule is O=C(C[NH+]1CCCC1)N[C@H]1CCCc2ccccc21. The third kappa shape index (κ3) is 2.98. The number of hydrogen-bond acceptors (Lipinski definition) is 1. The number of rotatable bonds is 3. The molecule has 19 heavy (non-hydrogen) atoms. The molecule has 1 aromatic carbocycles. The lowest BCUT2D eigenvalue weighted by molar-refractivity contribution is -0.879. The van der Waals surface area contributed by atoms with Gasteiger partial charge in [0.05, 0.1) is 19.1 Å². The van der Waals surface area contributed by atoms with Crippen molar-refractivity contribution in [1.29, 1.82) is 0 Å². The van der Waals surface area contributed by atoms with Crippen molar-refractivity contribution < 1.29 is 9.69 Å². The van der Waals surface area contributed by atoms with Crippen molar-refractivity contribution in [3.8, 4) is 0 Å². The summed E-state index contributed by atoms with van der Waals surface area (Å²) < 4.78 is 0. The molecule has 1 heterocycles. The summed E-state index contributed by atoms with van der Waals surface area (Å²) in [5.74, 6) is 0.221. The fourth-order valence-corrected chi connectivity index (χ4v) is 3.43. The van der Waals surface area contributed by atoms with E-state index in [0.717, 1.165) is 25.9 Å². The molecule has 0 radical (unpaired) electrons. The first kappa shape index (κ1) is 12.7. The topological polar surface area (TPSA) is 33.5 Å². The van der Waals surface area contributed by atoms with Gasteiger partial charge in [0.25, 0.3) is 5.91 Å². The Bertz CT molecular complexity index is 452. The van der Waals surface area contributed by atoms with Gasteiger partial charge >= 0.3 is 0 Å². The molecule has 3 heteroatoms. The first-order valence-electron chi connectivity index (χ1n) is 7.53. The molecule has 2 aliphatic rings. The van der Waals surface area contributed by atoms with Gasteiger partial charge in [-0.1, -0.05) is 24.3 Å². The van der Waals surface area contributed by atoms with Crippen LogP contribution in [0.15, 0.2) is 24.3 Å². The summed E-state index contributed by atoms with van der Waals surface area (Å²) >= 11 is 0. The lowest BCUT2D eigenvalue weighted by Crippen LogP contribution is -3.11. The van der Waals surface area contributed by atoms with E-state index in [9.17, 15) is 4.79 Å². The van der Waals surface area contributed by atoms with E-state index in [2.05, 4.69) is 29.6 Å². The summed E-state index contributed by atoms with van der Waals surface area (Å²) in [4.78, 5) is 13.6. The molecule has 1 aliphatic carbocycles. The van der Waals surface area contributed by atoms with Crippen molar-refractivity contribution >= 4 is 5.91 Å². The summed E-state index contributed by atoms with van der Waals surface area (Å²) in [5, 5.41) is 3.24. The highest BCUT2D eigenvalue weighted by molar-refractivity contribution is 5.77. The predicted octanol–water partition coefficient (Wildman–Crippen LogP) is 0.859. The van der Waals surface area contributed by atoms with Crippen LogP contribution in [0, 0.1) is 0 Å². The van der Waals surface area contributed by atoms with Crippen LogP contribution in [0.5, 0.6) is 0 Å². The van der Waals surface area contributed by atoms with Gasteiger partial charge in [0.2, 0.25) is 0 Å². The lowest BCUT2D eigenvalue weighted by atomic mass is 9.88. The highest BCUT2D eigenvalue weighted by Crippen LogP contribution is 2.29. The first-order valence-corrected chi connectivity index (χ1v) is 7.53. The summed E-state index contributed by atoms with van der Waals surface area (Å²) in [5.41, 5.74) is 2.74. The fraction of sp³-hybridized carbons (Fsp3) is 0.562. The second-order valence-corrected chi connectivity index (χ2v) is 5.85. The van der Waals surface area contributed by atoms with Gasteiger partial charge < -0.3 is 10.2 Å². The number of benzene rings is 1. The number of fused-ring (bicyclic) bond motifs is 1. The van der Waals surface area contributed by atoms with Gasteiger partial charge in [0.1, 0.15) is 0 Å². The van der Waals surface area contributed by atoms with Crippen LogP contribution in [0.2, 0.25) is 0 Å². The summed E-state index contributed by atoms with van der Waals surface area (Å²) in [6.45, 7) is 2.97. The van der Waals surface area contributed by atoms with Gasteiger partial charge in [-0.2, -0.15) is 0 Å². The molecule has 0 aromatic heterocycles. The molecule has 3 nitrogen and oxygen atoms in total. The molecule has 1 atom stereocenters. The maximum Gasteiger partial charge on any atom is 0.275 e. The molecule has 3 rings (SSSR count). The number of carbonyl (C=O) groups excluding carboxylic acids is 1. The number of carbonyl (C=O) groups is 1. The average molecular weight is 259 g/mol. The van der Waals surface area contributed by atoms with Crippen molar-refractivity contribution in [3.63, 3.8) is 0 Å². The summed E-state index contributed by atoms with van der Waals surface area (Å²) in [6.07, 6.45) is 5.96. The lowest BCUT2D eigenvalue weighted by Gasteiger charge is -2.26. The molecule has 0 bridgehead atoms. The molecule has 0 unspecified atom stereocenters. The monoisotopic (exact) mass is 259 g/mol. The third-order valence-corrected chi connectivity index (χ3v) is 4.43. The van der Waals surface area contributed by atoms with Gasteiger partial charge in [-0.3, -0.25) is 4.79 Å². The minimum absolute atomic E-state index is 0.221. The molecule has 0 spiro atoms. The minimum Gasteiger partial charge on any atom is -0.344 e. The zero-order chi connectivity index (χ0) is 13.1. The van der Waals surface area contributed by atoms with E-state index in [-0.39, 0.29) is 11.9 Å². The van der Waals surface area contributed by atoms with E-state index >= 15 is 0 Å². The van der Waals surface area contributed by atoms with Crippen LogP contribution in [0.1, 0.15) is 42.9 Å². The van der Waals surface area contributed by atoms with E-state index in [1.54, 1.807) is 0 Å². The van der Waals surface area contributed by atoms with Crippen molar-refractivity contribution in [2.75, 3.05) is 19.6 Å². The Labute approximate surface area is 115 Å². The van der Waals surface area contributed by atoms with E-state index in [1.807, 2.05) is 0 Å². The van der Waals surface area contributed by atoms with E-state index in [4.69, 9.17) is 0 Å².